The van der Waals surface area contributed by atoms with Gasteiger partial charge in [0.2, 0.25) is 11.7 Å². The number of carbonyl (C=O) groups is 1. The molecule has 0 unspecified atom stereocenters. The summed E-state index contributed by atoms with van der Waals surface area (Å²) in [4.78, 5) is 15.9. The molecule has 0 bridgehead atoms. The van der Waals surface area contributed by atoms with Crippen molar-refractivity contribution in [2.45, 2.75) is 6.42 Å². The van der Waals surface area contributed by atoms with E-state index in [2.05, 4.69) is 14.9 Å². The van der Waals surface area contributed by atoms with Crippen LogP contribution in [-0.4, -0.2) is 61.7 Å². The molecule has 0 spiro atoms. The van der Waals surface area contributed by atoms with E-state index in [1.54, 1.807) is 0 Å². The zero-order valence-electron chi connectivity index (χ0n) is 13.5. The van der Waals surface area contributed by atoms with E-state index in [1.807, 2.05) is 12.5 Å². The number of nitrogens with zero attached hydrogens (tertiary/aromatic N) is 3. The summed E-state index contributed by atoms with van der Waals surface area (Å²) in [6.45, 7) is 3.90. The monoisotopic (exact) mass is 364 g/mol. The molecule has 5 nitrogen and oxygen atoms in total. The number of carbonyl (C=O) groups excluding carboxylic acids is 1. The molecule has 0 saturated carbocycles. The first-order valence-corrected chi connectivity index (χ1v) is 7.55. The van der Waals surface area contributed by atoms with Crippen LogP contribution >= 0.6 is 0 Å². The van der Waals surface area contributed by atoms with Gasteiger partial charge in [0.1, 0.15) is 0 Å². The lowest BCUT2D eigenvalue weighted by molar-refractivity contribution is -0.121. The van der Waals surface area contributed by atoms with Crippen LogP contribution in [0.4, 0.5) is 22.0 Å². The number of nitrogens with one attached hydrogen (secondary N) is 1. The molecule has 2 rings (SSSR count). The van der Waals surface area contributed by atoms with Crippen molar-refractivity contribution in [1.82, 2.24) is 15.2 Å². The van der Waals surface area contributed by atoms with Gasteiger partial charge in [0.05, 0.1) is 11.8 Å². The molecule has 1 N–H and O–H groups in total. The topological polar surface area (TPSA) is 47.9 Å². The van der Waals surface area contributed by atoms with Crippen molar-refractivity contribution >= 4 is 12.1 Å². The van der Waals surface area contributed by atoms with E-state index < -0.39 is 40.6 Å². The van der Waals surface area contributed by atoms with Crippen molar-refractivity contribution in [1.29, 1.82) is 0 Å². The van der Waals surface area contributed by atoms with Gasteiger partial charge in [-0.3, -0.25) is 4.79 Å². The lowest BCUT2D eigenvalue weighted by Gasteiger charge is -2.32. The molecule has 1 heterocycles. The van der Waals surface area contributed by atoms with E-state index in [0.717, 1.165) is 26.2 Å². The Morgan fingerprint density at radius 2 is 1.52 bits per heavy atom. The van der Waals surface area contributed by atoms with Crippen molar-refractivity contribution in [3.63, 3.8) is 0 Å². The molecule has 10 heteroatoms. The summed E-state index contributed by atoms with van der Waals surface area (Å²) in [6, 6.07) is 0. The fourth-order valence-corrected chi connectivity index (χ4v) is 2.29. The Balaban J connectivity index is 1.89. The summed E-state index contributed by atoms with van der Waals surface area (Å²) in [5.74, 6) is -10.9. The Hall–Kier alpha value is -2.07. The molecule has 1 fully saturated rings. The molecule has 1 saturated heterocycles. The third-order valence-electron chi connectivity index (χ3n) is 3.88. The van der Waals surface area contributed by atoms with E-state index in [9.17, 15) is 26.7 Å². The zero-order chi connectivity index (χ0) is 18.6. The molecule has 25 heavy (non-hydrogen) atoms. The number of halogens is 5. The molecule has 0 aliphatic carbocycles. The molecular weight excluding hydrogens is 347 g/mol. The van der Waals surface area contributed by atoms with Crippen LogP contribution in [0, 0.1) is 29.1 Å². The second kappa shape index (κ2) is 8.34. The van der Waals surface area contributed by atoms with Gasteiger partial charge >= 0.3 is 0 Å². The molecule has 1 amide bonds. The summed E-state index contributed by atoms with van der Waals surface area (Å²) < 4.78 is 65.8. The number of amides is 1. The standard InChI is InChI=1S/C15H17F5N4O/c1-23-4-6-24(7-5-23)3-2-10(25)22-21-8-9-11(16)13(18)15(20)14(19)12(9)17/h8H,2-7H2,1H3,(H,22,25). The van der Waals surface area contributed by atoms with Crippen molar-refractivity contribution in [2.24, 2.45) is 5.10 Å². The van der Waals surface area contributed by atoms with Crippen LogP contribution in [0.15, 0.2) is 5.10 Å². The molecule has 0 radical (unpaired) electrons. The Kier molecular flexibility index (Phi) is 6.43. The maximum atomic E-state index is 13.4. The van der Waals surface area contributed by atoms with Gasteiger partial charge in [0.15, 0.2) is 23.3 Å². The molecule has 1 aromatic rings. The van der Waals surface area contributed by atoms with Gasteiger partial charge in [0.25, 0.3) is 0 Å². The highest BCUT2D eigenvalue weighted by Crippen LogP contribution is 2.21. The first-order chi connectivity index (χ1) is 11.8. The molecule has 1 aromatic carbocycles. The smallest absolute Gasteiger partial charge is 0.241 e. The molecule has 0 aromatic heterocycles. The van der Waals surface area contributed by atoms with Gasteiger partial charge < -0.3 is 9.80 Å². The highest BCUT2D eigenvalue weighted by atomic mass is 19.2. The van der Waals surface area contributed by atoms with Gasteiger partial charge in [-0.05, 0) is 7.05 Å². The average molecular weight is 364 g/mol. The minimum Gasteiger partial charge on any atom is -0.304 e. The van der Waals surface area contributed by atoms with Crippen LogP contribution in [-0.2, 0) is 4.79 Å². The van der Waals surface area contributed by atoms with Gasteiger partial charge in [-0.25, -0.2) is 27.4 Å². The number of rotatable bonds is 5. The van der Waals surface area contributed by atoms with Gasteiger partial charge in [-0.15, -0.1) is 0 Å². The number of benzene rings is 1. The van der Waals surface area contributed by atoms with Crippen LogP contribution in [0.1, 0.15) is 12.0 Å². The largest absolute Gasteiger partial charge is 0.304 e. The van der Waals surface area contributed by atoms with Gasteiger partial charge in [-0.1, -0.05) is 0 Å². The third kappa shape index (κ3) is 4.73. The van der Waals surface area contributed by atoms with E-state index >= 15 is 0 Å². The van der Waals surface area contributed by atoms with E-state index in [-0.39, 0.29) is 6.42 Å². The highest BCUT2D eigenvalue weighted by Gasteiger charge is 2.24. The minimum absolute atomic E-state index is 0.0954. The lowest BCUT2D eigenvalue weighted by atomic mass is 10.2. The molecule has 1 aliphatic rings. The fraction of sp³-hybridized carbons (Fsp3) is 0.467. The molecule has 1 aliphatic heterocycles. The number of hydrazone groups is 1. The van der Waals surface area contributed by atoms with Crippen LogP contribution < -0.4 is 5.43 Å². The van der Waals surface area contributed by atoms with Crippen LogP contribution in [0.3, 0.4) is 0 Å². The van der Waals surface area contributed by atoms with E-state index in [1.165, 1.54) is 0 Å². The summed E-state index contributed by atoms with van der Waals surface area (Å²) in [6.07, 6.45) is 0.488. The maximum Gasteiger partial charge on any atom is 0.241 e. The summed E-state index contributed by atoms with van der Waals surface area (Å²) in [5, 5.41) is 3.26. The van der Waals surface area contributed by atoms with Crippen molar-refractivity contribution < 1.29 is 26.7 Å². The number of hydrogen-bond acceptors (Lipinski definition) is 4. The minimum atomic E-state index is -2.25. The first-order valence-electron chi connectivity index (χ1n) is 7.55. The highest BCUT2D eigenvalue weighted by molar-refractivity contribution is 5.83. The Morgan fingerprint density at radius 3 is 2.08 bits per heavy atom. The van der Waals surface area contributed by atoms with Crippen LogP contribution in [0.5, 0.6) is 0 Å². The maximum absolute atomic E-state index is 13.4. The normalized spacial score (nSPS) is 16.6. The fourth-order valence-electron chi connectivity index (χ4n) is 2.29. The quantitative estimate of drug-likeness (QED) is 0.283. The van der Waals surface area contributed by atoms with Gasteiger partial charge in [0, 0.05) is 39.1 Å². The van der Waals surface area contributed by atoms with E-state index in [0.29, 0.717) is 12.8 Å². The summed E-state index contributed by atoms with van der Waals surface area (Å²) in [5.41, 5.74) is 0.797. The van der Waals surface area contributed by atoms with Crippen molar-refractivity contribution in [2.75, 3.05) is 39.8 Å². The van der Waals surface area contributed by atoms with Crippen LogP contribution in [0.25, 0.3) is 0 Å². The summed E-state index contributed by atoms with van der Waals surface area (Å²) in [7, 11) is 2.00. The summed E-state index contributed by atoms with van der Waals surface area (Å²) >= 11 is 0. The van der Waals surface area contributed by atoms with E-state index in [4.69, 9.17) is 0 Å². The molecule has 138 valence electrons. The molecular formula is C15H17F5N4O. The second-order valence-corrected chi connectivity index (χ2v) is 5.67. The molecule has 0 atom stereocenters. The predicted molar refractivity (Wildman–Crippen MR) is 80.5 cm³/mol. The zero-order valence-corrected chi connectivity index (χ0v) is 13.5. The lowest BCUT2D eigenvalue weighted by Crippen LogP contribution is -2.45. The number of piperazine rings is 1. The second-order valence-electron chi connectivity index (χ2n) is 5.67. The first kappa shape index (κ1) is 19.3. The Morgan fingerprint density at radius 1 is 1.00 bits per heavy atom. The Labute approximate surface area is 141 Å². The SMILES string of the molecule is CN1CCN(CCC(=O)NN=Cc2c(F)c(F)c(F)c(F)c2F)CC1. The number of likely N-dealkylation sites (N-methyl/N-ethyl adjacent to an activating group) is 1. The van der Waals surface area contributed by atoms with Crippen molar-refractivity contribution in [3.8, 4) is 0 Å². The average Bonchev–Trinajstić information content (AvgIpc) is 2.60. The van der Waals surface area contributed by atoms with Gasteiger partial charge in [-0.2, -0.15) is 5.10 Å². The Bertz CT molecular complexity index is 645. The number of hydrogen-bond donors (Lipinski definition) is 1. The van der Waals surface area contributed by atoms with Crippen molar-refractivity contribution in [3.05, 3.63) is 34.6 Å². The third-order valence-corrected chi connectivity index (χ3v) is 3.88. The van der Waals surface area contributed by atoms with Crippen LogP contribution in [0.2, 0.25) is 0 Å². The predicted octanol–water partition coefficient (Wildman–Crippen LogP) is 1.47.